The number of phenols is 2. The van der Waals surface area contributed by atoms with Gasteiger partial charge in [-0.05, 0) is 77.4 Å². The predicted molar refractivity (Wildman–Crippen MR) is 151 cm³/mol. The van der Waals surface area contributed by atoms with Crippen LogP contribution in [-0.4, -0.2) is 49.7 Å². The second-order valence-electron chi connectivity index (χ2n) is 9.25. The maximum Gasteiger partial charge on any atom is 0.319 e. The number of benzene rings is 4. The quantitative estimate of drug-likeness (QED) is 0.165. The highest BCUT2D eigenvalue weighted by molar-refractivity contribution is 5.82. The molecule has 0 fully saturated rings. The van der Waals surface area contributed by atoms with E-state index < -0.39 is 23.9 Å². The molecule has 0 spiro atoms. The summed E-state index contributed by atoms with van der Waals surface area (Å²) in [4.78, 5) is 14.1. The lowest BCUT2D eigenvalue weighted by molar-refractivity contribution is -0.137. The fourth-order valence-electron chi connectivity index (χ4n) is 4.65. The smallest absolute Gasteiger partial charge is 0.319 e. The van der Waals surface area contributed by atoms with E-state index in [0.29, 0.717) is 39.7 Å². The SMILES string of the molecule is COc1cc(OC)cc([C@@H]([C@H](O)c2ccc(O)cc2)[C@@H](C(=O)Oc2ccc(O)cc2)c2cc(OC)cc(OC)c2)c1. The second-order valence-corrected chi connectivity index (χ2v) is 9.25. The van der Waals surface area contributed by atoms with Crippen LogP contribution in [0.1, 0.15) is 34.6 Å². The van der Waals surface area contributed by atoms with Crippen LogP contribution < -0.4 is 23.7 Å². The number of methoxy groups -OCH3 is 4. The molecule has 0 bridgehead atoms. The topological polar surface area (TPSA) is 124 Å². The van der Waals surface area contributed by atoms with Crippen LogP contribution in [0.5, 0.6) is 40.2 Å². The van der Waals surface area contributed by atoms with Gasteiger partial charge in [-0.15, -0.1) is 0 Å². The normalized spacial score (nSPS) is 13.0. The van der Waals surface area contributed by atoms with Gasteiger partial charge in [-0.3, -0.25) is 4.79 Å². The third-order valence-corrected chi connectivity index (χ3v) is 6.73. The van der Waals surface area contributed by atoms with Crippen molar-refractivity contribution in [3.05, 3.63) is 102 Å². The number of carbonyl (C=O) groups excluding carboxylic acids is 1. The molecule has 0 saturated heterocycles. The minimum absolute atomic E-state index is 0.0167. The van der Waals surface area contributed by atoms with Crippen molar-refractivity contribution in [2.24, 2.45) is 0 Å². The van der Waals surface area contributed by atoms with E-state index in [1.807, 2.05) is 0 Å². The fraction of sp³-hybridized carbons (Fsp3) is 0.219. The van der Waals surface area contributed by atoms with Crippen LogP contribution in [0.25, 0.3) is 0 Å². The van der Waals surface area contributed by atoms with Gasteiger partial charge in [-0.2, -0.15) is 0 Å². The largest absolute Gasteiger partial charge is 0.508 e. The number of aromatic hydroxyl groups is 2. The lowest BCUT2D eigenvalue weighted by Gasteiger charge is -2.31. The molecule has 4 aromatic rings. The Morgan fingerprint density at radius 1 is 0.561 bits per heavy atom. The maximum absolute atomic E-state index is 14.1. The molecule has 9 heteroatoms. The van der Waals surface area contributed by atoms with Gasteiger partial charge in [0.2, 0.25) is 0 Å². The highest BCUT2D eigenvalue weighted by Gasteiger charge is 2.39. The molecule has 0 amide bonds. The molecule has 9 nitrogen and oxygen atoms in total. The number of ether oxygens (including phenoxy) is 5. The molecule has 3 atom stereocenters. The van der Waals surface area contributed by atoms with Crippen LogP contribution in [0.3, 0.4) is 0 Å². The van der Waals surface area contributed by atoms with E-state index in [1.54, 1.807) is 48.5 Å². The molecule has 0 radical (unpaired) electrons. The molecular weight excluding hydrogens is 528 g/mol. The Bertz CT molecular complexity index is 1420. The van der Waals surface area contributed by atoms with Crippen molar-refractivity contribution in [1.29, 1.82) is 0 Å². The number of aliphatic hydroxyl groups is 1. The van der Waals surface area contributed by atoms with Crippen molar-refractivity contribution >= 4 is 5.97 Å². The zero-order chi connectivity index (χ0) is 29.5. The van der Waals surface area contributed by atoms with E-state index in [2.05, 4.69) is 0 Å². The van der Waals surface area contributed by atoms with Crippen LogP contribution in [0.2, 0.25) is 0 Å². The molecule has 0 saturated carbocycles. The van der Waals surface area contributed by atoms with Gasteiger partial charge in [0, 0.05) is 18.1 Å². The molecule has 0 aliphatic rings. The Kier molecular flexibility index (Phi) is 9.21. The average molecular weight is 561 g/mol. The Labute approximate surface area is 238 Å². The van der Waals surface area contributed by atoms with Gasteiger partial charge < -0.3 is 39.0 Å². The second kappa shape index (κ2) is 13.0. The van der Waals surface area contributed by atoms with E-state index in [1.165, 1.54) is 64.8 Å². The summed E-state index contributed by atoms with van der Waals surface area (Å²) in [6.45, 7) is 0. The number of phenolic OH excluding ortho intramolecular Hbond substituents is 2. The Morgan fingerprint density at radius 3 is 1.41 bits per heavy atom. The molecule has 0 heterocycles. The first-order chi connectivity index (χ1) is 19.8. The van der Waals surface area contributed by atoms with Crippen LogP contribution >= 0.6 is 0 Å². The molecule has 4 rings (SSSR count). The van der Waals surface area contributed by atoms with Gasteiger partial charge in [0.05, 0.1) is 40.5 Å². The zero-order valence-corrected chi connectivity index (χ0v) is 23.1. The minimum atomic E-state index is -1.26. The average Bonchev–Trinajstić information content (AvgIpc) is 3.00. The van der Waals surface area contributed by atoms with Gasteiger partial charge in [0.1, 0.15) is 40.2 Å². The summed E-state index contributed by atoms with van der Waals surface area (Å²) in [7, 11) is 6.01. The van der Waals surface area contributed by atoms with Crippen molar-refractivity contribution < 1.29 is 43.8 Å². The summed E-state index contributed by atoms with van der Waals surface area (Å²) in [6, 6.07) is 22.0. The Hall–Kier alpha value is -4.89. The Morgan fingerprint density at radius 2 is 0.976 bits per heavy atom. The van der Waals surface area contributed by atoms with E-state index in [9.17, 15) is 20.1 Å². The summed E-state index contributed by atoms with van der Waals surface area (Å²) in [5.41, 5.74) is 1.43. The first-order valence-electron chi connectivity index (χ1n) is 12.7. The lowest BCUT2D eigenvalue weighted by Crippen LogP contribution is -2.29. The lowest BCUT2D eigenvalue weighted by atomic mass is 9.75. The molecule has 3 N–H and O–H groups in total. The van der Waals surface area contributed by atoms with E-state index in [-0.39, 0.29) is 17.2 Å². The third kappa shape index (κ3) is 6.82. The molecule has 0 unspecified atom stereocenters. The highest BCUT2D eigenvalue weighted by atomic mass is 16.5. The molecule has 0 aliphatic carbocycles. The van der Waals surface area contributed by atoms with Gasteiger partial charge >= 0.3 is 5.97 Å². The first-order valence-corrected chi connectivity index (χ1v) is 12.7. The van der Waals surface area contributed by atoms with Crippen molar-refractivity contribution in [2.75, 3.05) is 28.4 Å². The monoisotopic (exact) mass is 560 g/mol. The van der Waals surface area contributed by atoms with Crippen molar-refractivity contribution in [2.45, 2.75) is 17.9 Å². The number of hydrogen-bond donors (Lipinski definition) is 3. The van der Waals surface area contributed by atoms with Gasteiger partial charge in [-0.25, -0.2) is 0 Å². The van der Waals surface area contributed by atoms with Crippen molar-refractivity contribution in [3.8, 4) is 40.2 Å². The molecular formula is C32H32O9. The molecule has 214 valence electrons. The number of aliphatic hydroxyl groups excluding tert-OH is 1. The van der Waals surface area contributed by atoms with E-state index in [4.69, 9.17) is 23.7 Å². The summed E-state index contributed by atoms with van der Waals surface area (Å²) >= 11 is 0. The molecule has 0 aromatic heterocycles. The van der Waals surface area contributed by atoms with Crippen LogP contribution in [0, 0.1) is 0 Å². The van der Waals surface area contributed by atoms with Gasteiger partial charge in [-0.1, -0.05) is 12.1 Å². The molecule has 41 heavy (non-hydrogen) atoms. The van der Waals surface area contributed by atoms with E-state index in [0.717, 1.165) is 0 Å². The van der Waals surface area contributed by atoms with E-state index >= 15 is 0 Å². The zero-order valence-electron chi connectivity index (χ0n) is 23.1. The molecule has 0 aliphatic heterocycles. The number of rotatable bonds is 11. The number of esters is 1. The summed E-state index contributed by atoms with van der Waals surface area (Å²) in [5.74, 6) is -0.731. The highest BCUT2D eigenvalue weighted by Crippen LogP contribution is 2.46. The van der Waals surface area contributed by atoms with Crippen LogP contribution in [-0.2, 0) is 4.79 Å². The number of hydrogen-bond acceptors (Lipinski definition) is 9. The van der Waals surface area contributed by atoms with Crippen LogP contribution in [0.15, 0.2) is 84.9 Å². The van der Waals surface area contributed by atoms with Gasteiger partial charge in [0.15, 0.2) is 0 Å². The summed E-state index contributed by atoms with van der Waals surface area (Å²) in [5, 5.41) is 31.5. The third-order valence-electron chi connectivity index (χ3n) is 6.73. The predicted octanol–water partition coefficient (Wildman–Crippen LogP) is 5.34. The minimum Gasteiger partial charge on any atom is -0.508 e. The summed E-state index contributed by atoms with van der Waals surface area (Å²) < 4.78 is 27.8. The Balaban J connectivity index is 1.96. The first kappa shape index (κ1) is 29.1. The molecule has 4 aromatic carbocycles. The van der Waals surface area contributed by atoms with Crippen molar-refractivity contribution in [3.63, 3.8) is 0 Å². The fourth-order valence-corrected chi connectivity index (χ4v) is 4.65. The van der Waals surface area contributed by atoms with Gasteiger partial charge in [0.25, 0.3) is 0 Å². The maximum atomic E-state index is 14.1. The number of carbonyl (C=O) groups is 1. The van der Waals surface area contributed by atoms with Crippen molar-refractivity contribution in [1.82, 2.24) is 0 Å². The standard InChI is InChI=1S/C32H32O9/c1-37-25-13-20(14-26(17-25)38-2)29(31(35)19-5-7-22(33)8-6-19)30(21-15-27(39-3)18-28(16-21)40-4)32(36)41-24-11-9-23(34)10-12-24/h5-18,29-31,33-35H,1-4H3/t29-,30+,31-/m1/s1. The summed E-state index contributed by atoms with van der Waals surface area (Å²) in [6.07, 6.45) is -1.26. The van der Waals surface area contributed by atoms with Crippen LogP contribution in [0.4, 0.5) is 0 Å².